The summed E-state index contributed by atoms with van der Waals surface area (Å²) in [7, 11) is 0. The van der Waals surface area contributed by atoms with Gasteiger partial charge in [-0.2, -0.15) is 0 Å². The maximum Gasteiger partial charge on any atom is 0.324 e. The van der Waals surface area contributed by atoms with Crippen molar-refractivity contribution in [3.63, 3.8) is 0 Å². The Labute approximate surface area is 146 Å². The minimum Gasteiger partial charge on any atom is -0.355 e. The molecule has 4 amide bonds. The lowest BCUT2D eigenvalue weighted by Gasteiger charge is -2.26. The normalized spacial score (nSPS) is 14.7. The molecule has 0 saturated carbocycles. The van der Waals surface area contributed by atoms with Crippen LogP contribution in [0, 0.1) is 0 Å². The summed E-state index contributed by atoms with van der Waals surface area (Å²) in [5.74, 6) is -0.348. The minimum absolute atomic E-state index is 0.0405. The van der Waals surface area contributed by atoms with E-state index in [1.54, 1.807) is 0 Å². The quantitative estimate of drug-likeness (QED) is 0.738. The van der Waals surface area contributed by atoms with Crippen molar-refractivity contribution in [1.29, 1.82) is 0 Å². The Balaban J connectivity index is 1.76. The van der Waals surface area contributed by atoms with Crippen molar-refractivity contribution in [2.45, 2.75) is 32.1 Å². The molecule has 1 heterocycles. The maximum atomic E-state index is 12.0. The molecule has 1 aliphatic heterocycles. The molecule has 0 atom stereocenters. The van der Waals surface area contributed by atoms with Gasteiger partial charge in [-0.05, 0) is 24.1 Å². The second kappa shape index (κ2) is 7.66. The third-order valence-corrected chi connectivity index (χ3v) is 4.29. The summed E-state index contributed by atoms with van der Waals surface area (Å²) in [5, 5.41) is 6.02. The Bertz CT molecular complexity index is 630. The first-order valence-corrected chi connectivity index (χ1v) is 8.28. The molecule has 6 nitrogen and oxygen atoms in total. The molecule has 2 N–H and O–H groups in total. The molecular formula is C17H22ClN3O3. The second-order valence-electron chi connectivity index (χ2n) is 6.48. The zero-order valence-corrected chi connectivity index (χ0v) is 14.7. The number of imide groups is 1. The maximum absolute atomic E-state index is 12.0. The van der Waals surface area contributed by atoms with Gasteiger partial charge in [-0.1, -0.05) is 37.6 Å². The van der Waals surface area contributed by atoms with Gasteiger partial charge in [-0.15, -0.1) is 0 Å². The molecule has 0 bridgehead atoms. The average molecular weight is 352 g/mol. The standard InChI is InChI=1S/C17H22ClN3O3/c1-17(2,12-5-3-6-13(18)9-12)11-20-14(22)7-4-8-21-15(23)10-19-16(21)24/h3,5-6,9H,4,7-8,10-11H2,1-2H3,(H,19,24)(H,20,22). The number of hydrogen-bond donors (Lipinski definition) is 2. The molecule has 2 rings (SSSR count). The van der Waals surface area contributed by atoms with Crippen LogP contribution in [0.5, 0.6) is 0 Å². The summed E-state index contributed by atoms with van der Waals surface area (Å²) in [6.45, 7) is 4.85. The largest absolute Gasteiger partial charge is 0.355 e. The van der Waals surface area contributed by atoms with Gasteiger partial charge in [0.05, 0.1) is 6.54 Å². The number of rotatable bonds is 7. The fourth-order valence-electron chi connectivity index (χ4n) is 2.50. The predicted molar refractivity (Wildman–Crippen MR) is 91.8 cm³/mol. The molecule has 1 aliphatic rings. The zero-order valence-electron chi connectivity index (χ0n) is 13.9. The van der Waals surface area contributed by atoms with Gasteiger partial charge in [-0.3, -0.25) is 14.5 Å². The molecule has 0 aromatic heterocycles. The van der Waals surface area contributed by atoms with Crippen molar-refractivity contribution >= 4 is 29.4 Å². The molecule has 0 unspecified atom stereocenters. The molecule has 1 saturated heterocycles. The fourth-order valence-corrected chi connectivity index (χ4v) is 2.69. The summed E-state index contributed by atoms with van der Waals surface area (Å²) in [4.78, 5) is 35.9. The molecule has 0 radical (unpaired) electrons. The highest BCUT2D eigenvalue weighted by atomic mass is 35.5. The van der Waals surface area contributed by atoms with Crippen LogP contribution in [0.25, 0.3) is 0 Å². The van der Waals surface area contributed by atoms with Gasteiger partial charge in [0.2, 0.25) is 11.8 Å². The van der Waals surface area contributed by atoms with E-state index in [1.807, 2.05) is 38.1 Å². The van der Waals surface area contributed by atoms with E-state index in [0.29, 0.717) is 18.0 Å². The van der Waals surface area contributed by atoms with Crippen molar-refractivity contribution in [2.75, 3.05) is 19.6 Å². The number of urea groups is 1. The van der Waals surface area contributed by atoms with Crippen LogP contribution in [0.4, 0.5) is 4.79 Å². The number of carbonyl (C=O) groups excluding carboxylic acids is 3. The van der Waals surface area contributed by atoms with Crippen LogP contribution in [-0.2, 0) is 15.0 Å². The lowest BCUT2D eigenvalue weighted by Crippen LogP contribution is -2.37. The summed E-state index contributed by atoms with van der Waals surface area (Å²) in [5.41, 5.74) is 0.806. The van der Waals surface area contributed by atoms with Crippen molar-refractivity contribution in [1.82, 2.24) is 15.5 Å². The topological polar surface area (TPSA) is 78.5 Å². The van der Waals surface area contributed by atoms with E-state index >= 15 is 0 Å². The molecule has 130 valence electrons. The molecule has 0 spiro atoms. The highest BCUT2D eigenvalue weighted by Gasteiger charge is 2.28. The molecule has 1 fully saturated rings. The number of nitrogens with one attached hydrogen (secondary N) is 2. The Morgan fingerprint density at radius 2 is 2.12 bits per heavy atom. The smallest absolute Gasteiger partial charge is 0.324 e. The summed E-state index contributed by atoms with van der Waals surface area (Å²) in [6, 6.07) is 7.19. The summed E-state index contributed by atoms with van der Waals surface area (Å²) < 4.78 is 0. The Hall–Kier alpha value is -2.08. The van der Waals surface area contributed by atoms with E-state index in [9.17, 15) is 14.4 Å². The van der Waals surface area contributed by atoms with Crippen LogP contribution in [0.15, 0.2) is 24.3 Å². The number of carbonyl (C=O) groups is 3. The first-order chi connectivity index (χ1) is 11.3. The van der Waals surface area contributed by atoms with Gasteiger partial charge in [0.15, 0.2) is 0 Å². The third-order valence-electron chi connectivity index (χ3n) is 4.06. The van der Waals surface area contributed by atoms with Crippen LogP contribution in [0.3, 0.4) is 0 Å². The Morgan fingerprint density at radius 1 is 1.38 bits per heavy atom. The lowest BCUT2D eigenvalue weighted by molar-refractivity contribution is -0.126. The molecule has 0 aliphatic carbocycles. The molecule has 1 aromatic carbocycles. The van der Waals surface area contributed by atoms with Crippen molar-refractivity contribution < 1.29 is 14.4 Å². The van der Waals surface area contributed by atoms with E-state index in [-0.39, 0.29) is 42.8 Å². The van der Waals surface area contributed by atoms with Gasteiger partial charge in [0.25, 0.3) is 0 Å². The molecule has 1 aromatic rings. The van der Waals surface area contributed by atoms with E-state index in [0.717, 1.165) is 10.5 Å². The monoisotopic (exact) mass is 351 g/mol. The highest BCUT2D eigenvalue weighted by Crippen LogP contribution is 2.24. The molecule has 24 heavy (non-hydrogen) atoms. The van der Waals surface area contributed by atoms with Gasteiger partial charge < -0.3 is 10.6 Å². The summed E-state index contributed by atoms with van der Waals surface area (Å²) >= 11 is 6.02. The van der Waals surface area contributed by atoms with E-state index in [2.05, 4.69) is 10.6 Å². The third kappa shape index (κ3) is 4.71. The SMILES string of the molecule is CC(C)(CNC(=O)CCCN1C(=O)CNC1=O)c1cccc(Cl)c1. The fraction of sp³-hybridized carbons (Fsp3) is 0.471. The number of halogens is 1. The van der Waals surface area contributed by atoms with Crippen LogP contribution >= 0.6 is 11.6 Å². The lowest BCUT2D eigenvalue weighted by atomic mass is 9.84. The van der Waals surface area contributed by atoms with Crippen molar-refractivity contribution in [3.8, 4) is 0 Å². The van der Waals surface area contributed by atoms with Gasteiger partial charge >= 0.3 is 6.03 Å². The molecular weight excluding hydrogens is 330 g/mol. The number of hydrogen-bond acceptors (Lipinski definition) is 3. The predicted octanol–water partition coefficient (Wildman–Crippen LogP) is 2.07. The number of benzene rings is 1. The zero-order chi connectivity index (χ0) is 17.7. The first kappa shape index (κ1) is 18.3. The Kier molecular flexibility index (Phi) is 5.83. The number of amides is 4. The molecule has 7 heteroatoms. The van der Waals surface area contributed by atoms with Gasteiger partial charge in [0, 0.05) is 29.9 Å². The first-order valence-electron chi connectivity index (χ1n) is 7.90. The average Bonchev–Trinajstić information content (AvgIpc) is 2.85. The van der Waals surface area contributed by atoms with Gasteiger partial charge in [0.1, 0.15) is 0 Å². The number of nitrogens with zero attached hydrogens (tertiary/aromatic N) is 1. The van der Waals surface area contributed by atoms with Crippen LogP contribution in [0.1, 0.15) is 32.3 Å². The van der Waals surface area contributed by atoms with Crippen LogP contribution in [0.2, 0.25) is 5.02 Å². The minimum atomic E-state index is -0.387. The van der Waals surface area contributed by atoms with E-state index in [1.165, 1.54) is 0 Å². The second-order valence-corrected chi connectivity index (χ2v) is 6.92. The van der Waals surface area contributed by atoms with Gasteiger partial charge in [-0.25, -0.2) is 4.79 Å². The van der Waals surface area contributed by atoms with Crippen molar-refractivity contribution in [2.24, 2.45) is 0 Å². The van der Waals surface area contributed by atoms with E-state index in [4.69, 9.17) is 11.6 Å². The van der Waals surface area contributed by atoms with E-state index < -0.39 is 0 Å². The highest BCUT2D eigenvalue weighted by molar-refractivity contribution is 6.30. The Morgan fingerprint density at radius 3 is 2.75 bits per heavy atom. The summed E-state index contributed by atoms with van der Waals surface area (Å²) in [6.07, 6.45) is 0.714. The van der Waals surface area contributed by atoms with Crippen LogP contribution in [-0.4, -0.2) is 42.4 Å². The van der Waals surface area contributed by atoms with Crippen molar-refractivity contribution in [3.05, 3.63) is 34.9 Å². The van der Waals surface area contributed by atoms with Crippen LogP contribution < -0.4 is 10.6 Å².